The predicted octanol–water partition coefficient (Wildman–Crippen LogP) is 3.13. The molecule has 5 heteroatoms. The molecule has 0 amide bonds. The second-order valence-electron chi connectivity index (χ2n) is 5.80. The lowest BCUT2D eigenvalue weighted by Crippen LogP contribution is -2.32. The van der Waals surface area contributed by atoms with E-state index in [2.05, 4.69) is 47.1 Å². The molecule has 2 aromatic rings. The Labute approximate surface area is 124 Å². The fraction of sp³-hybridized carbons (Fsp3) is 0.667. The summed E-state index contributed by atoms with van der Waals surface area (Å²) in [5.74, 6) is 2.01. The molecule has 1 fully saturated rings. The molecular formula is C15H24N4S. The number of imidazole rings is 1. The lowest BCUT2D eigenvalue weighted by atomic mass is 10.2. The third kappa shape index (κ3) is 2.56. The number of anilines is 1. The molecule has 0 spiro atoms. The van der Waals surface area contributed by atoms with Crippen molar-refractivity contribution in [1.29, 1.82) is 0 Å². The van der Waals surface area contributed by atoms with Gasteiger partial charge in [0, 0.05) is 31.2 Å². The molecule has 1 aliphatic carbocycles. The van der Waals surface area contributed by atoms with Crippen LogP contribution in [0.2, 0.25) is 0 Å². The quantitative estimate of drug-likeness (QED) is 0.796. The molecule has 4 nitrogen and oxygen atoms in total. The van der Waals surface area contributed by atoms with Crippen LogP contribution < -0.4 is 10.2 Å². The summed E-state index contributed by atoms with van der Waals surface area (Å²) in [6.07, 6.45) is 6.04. The Morgan fingerprint density at radius 2 is 2.35 bits per heavy atom. The van der Waals surface area contributed by atoms with Gasteiger partial charge in [0.25, 0.3) is 0 Å². The average molecular weight is 292 g/mol. The highest BCUT2D eigenvalue weighted by atomic mass is 32.1. The zero-order valence-electron chi connectivity index (χ0n) is 12.6. The van der Waals surface area contributed by atoms with Gasteiger partial charge >= 0.3 is 0 Å². The Bertz CT molecular complexity index is 569. The smallest absolute Gasteiger partial charge is 0.195 e. The van der Waals surface area contributed by atoms with Crippen LogP contribution in [-0.2, 0) is 6.54 Å². The van der Waals surface area contributed by atoms with Crippen molar-refractivity contribution in [3.05, 3.63) is 17.3 Å². The summed E-state index contributed by atoms with van der Waals surface area (Å²) in [6, 6.07) is 0.588. The van der Waals surface area contributed by atoms with Gasteiger partial charge in [0.2, 0.25) is 0 Å². The topological polar surface area (TPSA) is 32.6 Å². The molecule has 0 aliphatic heterocycles. The van der Waals surface area contributed by atoms with Crippen molar-refractivity contribution in [1.82, 2.24) is 14.7 Å². The molecule has 1 aliphatic rings. The van der Waals surface area contributed by atoms with E-state index in [4.69, 9.17) is 4.98 Å². The van der Waals surface area contributed by atoms with E-state index >= 15 is 0 Å². The fourth-order valence-electron chi connectivity index (χ4n) is 2.74. The lowest BCUT2D eigenvalue weighted by Gasteiger charge is -2.26. The third-order valence-corrected chi connectivity index (χ3v) is 5.06. The fourth-order valence-corrected chi connectivity index (χ4v) is 3.47. The summed E-state index contributed by atoms with van der Waals surface area (Å²) in [5, 5.41) is 5.63. The molecule has 0 bridgehead atoms. The molecule has 0 aromatic carbocycles. The largest absolute Gasteiger partial charge is 0.355 e. The average Bonchev–Trinajstić information content (AvgIpc) is 3.10. The normalized spacial score (nSPS) is 16.8. The first-order valence-corrected chi connectivity index (χ1v) is 8.48. The third-order valence-electron chi connectivity index (χ3n) is 4.31. The van der Waals surface area contributed by atoms with Crippen molar-refractivity contribution in [2.75, 3.05) is 18.5 Å². The monoisotopic (exact) mass is 292 g/mol. The summed E-state index contributed by atoms with van der Waals surface area (Å²) < 4.78 is 2.23. The maximum atomic E-state index is 4.85. The first kappa shape index (κ1) is 13.9. The van der Waals surface area contributed by atoms with Crippen LogP contribution in [0.1, 0.15) is 38.8 Å². The number of rotatable bonds is 7. The van der Waals surface area contributed by atoms with Crippen LogP contribution >= 0.6 is 11.3 Å². The van der Waals surface area contributed by atoms with Gasteiger partial charge in [0.05, 0.1) is 5.69 Å². The van der Waals surface area contributed by atoms with E-state index < -0.39 is 0 Å². The van der Waals surface area contributed by atoms with Gasteiger partial charge in [-0.15, -0.1) is 11.3 Å². The predicted molar refractivity (Wildman–Crippen MR) is 85.7 cm³/mol. The molecule has 1 N–H and O–H groups in total. The van der Waals surface area contributed by atoms with E-state index in [1.807, 2.05) is 0 Å². The van der Waals surface area contributed by atoms with Crippen molar-refractivity contribution in [2.24, 2.45) is 5.92 Å². The molecule has 2 aromatic heterocycles. The van der Waals surface area contributed by atoms with Crippen LogP contribution in [0.25, 0.3) is 4.96 Å². The van der Waals surface area contributed by atoms with Crippen LogP contribution in [0.5, 0.6) is 0 Å². The van der Waals surface area contributed by atoms with Crippen LogP contribution in [0.15, 0.2) is 11.6 Å². The molecule has 3 rings (SSSR count). The molecule has 20 heavy (non-hydrogen) atoms. The Hall–Kier alpha value is -1.07. The molecule has 0 saturated heterocycles. The van der Waals surface area contributed by atoms with Crippen molar-refractivity contribution in [2.45, 2.75) is 45.7 Å². The minimum Gasteiger partial charge on any atom is -0.355 e. The summed E-state index contributed by atoms with van der Waals surface area (Å²) in [6.45, 7) is 6.47. The van der Waals surface area contributed by atoms with Gasteiger partial charge in [-0.05, 0) is 38.6 Å². The van der Waals surface area contributed by atoms with Gasteiger partial charge in [-0.25, -0.2) is 4.98 Å². The molecule has 1 saturated carbocycles. The number of fused-ring (bicyclic) bond motifs is 1. The maximum absolute atomic E-state index is 4.85. The summed E-state index contributed by atoms with van der Waals surface area (Å²) in [5.41, 5.74) is 1.30. The van der Waals surface area contributed by atoms with E-state index in [9.17, 15) is 0 Å². The van der Waals surface area contributed by atoms with Crippen molar-refractivity contribution in [3.63, 3.8) is 0 Å². The van der Waals surface area contributed by atoms with Crippen LogP contribution in [-0.4, -0.2) is 29.0 Å². The van der Waals surface area contributed by atoms with E-state index in [0.29, 0.717) is 6.04 Å². The zero-order valence-corrected chi connectivity index (χ0v) is 13.4. The summed E-state index contributed by atoms with van der Waals surface area (Å²) >= 11 is 1.71. The zero-order chi connectivity index (χ0) is 14.1. The van der Waals surface area contributed by atoms with Gasteiger partial charge in [-0.3, -0.25) is 4.40 Å². The minimum absolute atomic E-state index is 0.588. The standard InChI is InChI=1S/C15H24N4S/c1-4-7-16-10-13-14(17-15-19(13)8-9-20-15)18(3)11(2)12-5-6-12/h8-9,11-12,16H,4-7,10H2,1-3H3. The van der Waals surface area contributed by atoms with Crippen molar-refractivity contribution in [3.8, 4) is 0 Å². The molecule has 110 valence electrons. The number of nitrogens with one attached hydrogen (secondary N) is 1. The minimum atomic E-state index is 0.588. The van der Waals surface area contributed by atoms with E-state index in [-0.39, 0.29) is 0 Å². The molecule has 0 radical (unpaired) electrons. The highest BCUT2D eigenvalue weighted by Crippen LogP contribution is 2.37. The van der Waals surface area contributed by atoms with Gasteiger partial charge < -0.3 is 10.2 Å². The van der Waals surface area contributed by atoms with Crippen molar-refractivity contribution >= 4 is 22.1 Å². The van der Waals surface area contributed by atoms with Gasteiger partial charge in [0.15, 0.2) is 10.8 Å². The Kier molecular flexibility index (Phi) is 3.98. The first-order chi connectivity index (χ1) is 9.72. The highest BCUT2D eigenvalue weighted by molar-refractivity contribution is 7.15. The Morgan fingerprint density at radius 1 is 1.55 bits per heavy atom. The molecule has 2 heterocycles. The number of hydrogen-bond acceptors (Lipinski definition) is 4. The summed E-state index contributed by atoms with van der Waals surface area (Å²) in [4.78, 5) is 8.33. The van der Waals surface area contributed by atoms with Gasteiger partial charge in [-0.1, -0.05) is 6.92 Å². The summed E-state index contributed by atoms with van der Waals surface area (Å²) in [7, 11) is 2.19. The number of nitrogens with zero attached hydrogens (tertiary/aromatic N) is 3. The maximum Gasteiger partial charge on any atom is 0.195 e. The van der Waals surface area contributed by atoms with Gasteiger partial charge in [0.1, 0.15) is 0 Å². The highest BCUT2D eigenvalue weighted by Gasteiger charge is 2.32. The van der Waals surface area contributed by atoms with E-state index in [1.54, 1.807) is 11.3 Å². The van der Waals surface area contributed by atoms with Crippen LogP contribution in [0.3, 0.4) is 0 Å². The Balaban J connectivity index is 1.87. The van der Waals surface area contributed by atoms with Crippen LogP contribution in [0, 0.1) is 5.92 Å². The van der Waals surface area contributed by atoms with E-state index in [0.717, 1.165) is 36.2 Å². The second kappa shape index (κ2) is 5.74. The molecule has 1 unspecified atom stereocenters. The van der Waals surface area contributed by atoms with Crippen molar-refractivity contribution < 1.29 is 0 Å². The Morgan fingerprint density at radius 3 is 3.05 bits per heavy atom. The first-order valence-electron chi connectivity index (χ1n) is 7.60. The molecule has 1 atom stereocenters. The number of aromatic nitrogens is 2. The van der Waals surface area contributed by atoms with Crippen LogP contribution in [0.4, 0.5) is 5.82 Å². The SMILES string of the molecule is CCCNCc1c(N(C)C(C)C2CC2)nc2sccn12. The number of thiazole rings is 1. The molecular weight excluding hydrogens is 268 g/mol. The second-order valence-corrected chi connectivity index (χ2v) is 6.68. The van der Waals surface area contributed by atoms with Gasteiger partial charge in [-0.2, -0.15) is 0 Å². The lowest BCUT2D eigenvalue weighted by molar-refractivity contribution is 0.597. The van der Waals surface area contributed by atoms with E-state index in [1.165, 1.54) is 18.5 Å². The number of hydrogen-bond donors (Lipinski definition) is 1.